The highest BCUT2D eigenvalue weighted by atomic mass is 16.6. The Kier molecular flexibility index (Phi) is 62.4. The maximum atomic E-state index is 12.9. The van der Waals surface area contributed by atoms with Gasteiger partial charge in [0.1, 0.15) is 13.2 Å². The van der Waals surface area contributed by atoms with E-state index >= 15 is 0 Å². The number of rotatable bonds is 57. The lowest BCUT2D eigenvalue weighted by molar-refractivity contribution is -0.167. The van der Waals surface area contributed by atoms with Gasteiger partial charge in [-0.2, -0.15) is 0 Å². The van der Waals surface area contributed by atoms with Gasteiger partial charge in [0.15, 0.2) is 6.10 Å². The van der Waals surface area contributed by atoms with Gasteiger partial charge < -0.3 is 14.2 Å². The number of hydrogen-bond donors (Lipinski definition) is 0. The summed E-state index contributed by atoms with van der Waals surface area (Å²) in [6.07, 6.45) is 96.8. The number of esters is 3. The van der Waals surface area contributed by atoms with E-state index in [1.807, 2.05) is 0 Å². The van der Waals surface area contributed by atoms with Crippen LogP contribution in [0.4, 0.5) is 0 Å². The van der Waals surface area contributed by atoms with E-state index in [-0.39, 0.29) is 31.1 Å². The van der Waals surface area contributed by atoms with Gasteiger partial charge in [-0.05, 0) is 148 Å². The summed E-state index contributed by atoms with van der Waals surface area (Å²) in [7, 11) is 0. The lowest BCUT2D eigenvalue weighted by Crippen LogP contribution is -2.30. The minimum atomic E-state index is -0.802. The van der Waals surface area contributed by atoms with E-state index in [9.17, 15) is 14.4 Å². The van der Waals surface area contributed by atoms with Crippen LogP contribution in [0.2, 0.25) is 0 Å². The zero-order valence-electron chi connectivity index (χ0n) is 51.5. The van der Waals surface area contributed by atoms with Crippen molar-refractivity contribution in [2.75, 3.05) is 13.2 Å². The van der Waals surface area contributed by atoms with Crippen LogP contribution in [0.5, 0.6) is 0 Å². The molecule has 450 valence electrons. The van der Waals surface area contributed by atoms with Crippen molar-refractivity contribution in [3.05, 3.63) is 158 Å². The van der Waals surface area contributed by atoms with Crippen LogP contribution in [0.25, 0.3) is 0 Å². The molecule has 0 amide bonds. The van der Waals surface area contributed by atoms with Crippen LogP contribution in [0, 0.1) is 0 Å². The molecule has 0 aliphatic heterocycles. The van der Waals surface area contributed by atoms with Gasteiger partial charge in [-0.3, -0.25) is 14.4 Å². The average Bonchev–Trinajstić information content (AvgIpc) is 3.46. The molecule has 0 N–H and O–H groups in total. The lowest BCUT2D eigenvalue weighted by Gasteiger charge is -2.18. The standard InChI is InChI=1S/C74H118O6/c1-4-7-10-13-16-19-22-25-27-28-29-30-31-32-33-34-35-36-37-38-39-40-41-42-43-44-45-46-48-49-52-55-58-61-64-67-73(76)79-70-71(69-78-72(75)66-63-60-57-54-51-24-21-18-15-12-9-6-3)80-74(77)68-65-62-59-56-53-50-47-26-23-20-17-14-11-8-5-2/h7-8,10-11,16-21,25-27,29-30,32-33,35-36,38-39,41-42,44-45,47,71H,4-6,9,12-15,22-24,28,31,34,37,40,43,46,48-70H2,1-3H3/b10-7-,11-8-,19-16-,20-17-,21-18-,27-25-,30-29-,33-32-,36-35-,39-38-,42-41-,45-44-,47-26-. The molecule has 0 aliphatic carbocycles. The molecule has 0 saturated heterocycles. The fourth-order valence-electron chi connectivity index (χ4n) is 8.44. The van der Waals surface area contributed by atoms with Crippen molar-refractivity contribution >= 4 is 17.9 Å². The lowest BCUT2D eigenvalue weighted by atomic mass is 10.1. The summed E-state index contributed by atoms with van der Waals surface area (Å²) in [5, 5.41) is 0. The van der Waals surface area contributed by atoms with Gasteiger partial charge in [-0.1, -0.05) is 262 Å². The Labute approximate surface area is 492 Å². The molecule has 6 heteroatoms. The van der Waals surface area contributed by atoms with Crippen molar-refractivity contribution < 1.29 is 28.6 Å². The van der Waals surface area contributed by atoms with Crippen LogP contribution in [-0.4, -0.2) is 37.2 Å². The minimum Gasteiger partial charge on any atom is -0.462 e. The van der Waals surface area contributed by atoms with Crippen molar-refractivity contribution in [3.8, 4) is 0 Å². The fraction of sp³-hybridized carbons (Fsp3) is 0.608. The summed E-state index contributed by atoms with van der Waals surface area (Å²) in [6.45, 7) is 6.35. The molecule has 0 spiro atoms. The third-order valence-corrected chi connectivity index (χ3v) is 13.2. The number of hydrogen-bond acceptors (Lipinski definition) is 6. The Bertz CT molecular complexity index is 1790. The maximum absolute atomic E-state index is 12.9. The largest absolute Gasteiger partial charge is 0.462 e. The summed E-state index contributed by atoms with van der Waals surface area (Å²) in [5.41, 5.74) is 0. The predicted molar refractivity (Wildman–Crippen MR) is 348 cm³/mol. The van der Waals surface area contributed by atoms with E-state index in [2.05, 4.69) is 179 Å². The molecule has 6 nitrogen and oxygen atoms in total. The minimum absolute atomic E-state index is 0.0976. The number of allylic oxidation sites excluding steroid dienone is 26. The number of carbonyl (C=O) groups excluding carboxylic acids is 3. The van der Waals surface area contributed by atoms with Gasteiger partial charge in [0.05, 0.1) is 0 Å². The monoisotopic (exact) mass is 1100 g/mol. The second-order valence-electron chi connectivity index (χ2n) is 20.9. The molecule has 0 aromatic carbocycles. The molecular weight excluding hydrogens is 985 g/mol. The molecule has 0 aromatic heterocycles. The first kappa shape index (κ1) is 75.0. The van der Waals surface area contributed by atoms with Crippen LogP contribution in [0.15, 0.2) is 158 Å². The van der Waals surface area contributed by atoms with E-state index in [1.54, 1.807) is 0 Å². The topological polar surface area (TPSA) is 78.9 Å². The van der Waals surface area contributed by atoms with Crippen molar-refractivity contribution in [2.24, 2.45) is 0 Å². The van der Waals surface area contributed by atoms with E-state index in [0.29, 0.717) is 19.3 Å². The van der Waals surface area contributed by atoms with Gasteiger partial charge >= 0.3 is 17.9 Å². The predicted octanol–water partition coefficient (Wildman–Crippen LogP) is 22.5. The van der Waals surface area contributed by atoms with Crippen molar-refractivity contribution in [3.63, 3.8) is 0 Å². The quantitative estimate of drug-likeness (QED) is 0.0261. The maximum Gasteiger partial charge on any atom is 0.306 e. The molecule has 1 atom stereocenters. The van der Waals surface area contributed by atoms with E-state index in [1.165, 1.54) is 57.8 Å². The number of carbonyl (C=O) groups is 3. The van der Waals surface area contributed by atoms with Gasteiger partial charge in [-0.15, -0.1) is 0 Å². The third-order valence-electron chi connectivity index (χ3n) is 13.2. The molecule has 0 radical (unpaired) electrons. The molecule has 0 aromatic rings. The second kappa shape index (κ2) is 66.5. The first-order chi connectivity index (χ1) is 39.5. The highest BCUT2D eigenvalue weighted by molar-refractivity contribution is 5.71. The molecule has 80 heavy (non-hydrogen) atoms. The Hall–Kier alpha value is -4.97. The zero-order valence-corrected chi connectivity index (χ0v) is 51.5. The van der Waals surface area contributed by atoms with Crippen LogP contribution in [0.3, 0.4) is 0 Å². The molecule has 0 heterocycles. The van der Waals surface area contributed by atoms with Crippen molar-refractivity contribution in [2.45, 2.75) is 277 Å². The average molecular weight is 1100 g/mol. The SMILES string of the molecule is CC/C=C\C/C=C\C/C=C\C/C=C\C/C=C\C/C=C\C/C=C\C/C=C\C/C=C\CCCCCCCCCC(=O)OCC(COC(=O)CCCCCCC/C=C\CCCCC)OC(=O)CCCCCCC/C=C\C/C=C\C/C=C\CC. The second-order valence-corrected chi connectivity index (χ2v) is 20.9. The molecule has 0 fully saturated rings. The van der Waals surface area contributed by atoms with E-state index in [0.717, 1.165) is 173 Å². The summed E-state index contributed by atoms with van der Waals surface area (Å²) < 4.78 is 16.9. The highest BCUT2D eigenvalue weighted by Crippen LogP contribution is 2.14. The first-order valence-electron chi connectivity index (χ1n) is 32.5. The molecule has 0 bridgehead atoms. The molecule has 0 saturated carbocycles. The smallest absolute Gasteiger partial charge is 0.306 e. The Balaban J connectivity index is 4.28. The fourth-order valence-corrected chi connectivity index (χ4v) is 8.44. The number of ether oxygens (including phenoxy) is 3. The van der Waals surface area contributed by atoms with Crippen LogP contribution >= 0.6 is 0 Å². The summed E-state index contributed by atoms with van der Waals surface area (Å²) in [6, 6.07) is 0. The Morgan fingerprint density at radius 3 is 0.775 bits per heavy atom. The van der Waals surface area contributed by atoms with Crippen LogP contribution in [0.1, 0.15) is 271 Å². The van der Waals surface area contributed by atoms with Gasteiger partial charge in [0.25, 0.3) is 0 Å². The number of unbranched alkanes of at least 4 members (excludes halogenated alkanes) is 20. The first-order valence-corrected chi connectivity index (χ1v) is 32.5. The third kappa shape index (κ3) is 63.9. The summed E-state index contributed by atoms with van der Waals surface area (Å²) >= 11 is 0. The van der Waals surface area contributed by atoms with Crippen LogP contribution < -0.4 is 0 Å². The molecule has 0 rings (SSSR count). The van der Waals surface area contributed by atoms with E-state index < -0.39 is 6.10 Å². The normalized spacial score (nSPS) is 13.2. The van der Waals surface area contributed by atoms with Gasteiger partial charge in [0.2, 0.25) is 0 Å². The van der Waals surface area contributed by atoms with Crippen molar-refractivity contribution in [1.82, 2.24) is 0 Å². The highest BCUT2D eigenvalue weighted by Gasteiger charge is 2.19. The molecular formula is C74H118O6. The van der Waals surface area contributed by atoms with Gasteiger partial charge in [-0.25, -0.2) is 0 Å². The molecule has 0 aliphatic rings. The van der Waals surface area contributed by atoms with Crippen LogP contribution in [-0.2, 0) is 28.6 Å². The van der Waals surface area contributed by atoms with E-state index in [4.69, 9.17) is 14.2 Å². The van der Waals surface area contributed by atoms with Crippen molar-refractivity contribution in [1.29, 1.82) is 0 Å². The Morgan fingerprint density at radius 2 is 0.487 bits per heavy atom. The summed E-state index contributed by atoms with van der Waals surface area (Å²) in [5.74, 6) is -0.938. The summed E-state index contributed by atoms with van der Waals surface area (Å²) in [4.78, 5) is 38.2. The molecule has 1 unspecified atom stereocenters. The zero-order chi connectivity index (χ0) is 57.8. The van der Waals surface area contributed by atoms with Gasteiger partial charge in [0, 0.05) is 19.3 Å². The Morgan fingerprint density at radius 1 is 0.263 bits per heavy atom.